The maximum atomic E-state index is 12.8. The van der Waals surface area contributed by atoms with Crippen molar-refractivity contribution in [1.29, 1.82) is 0 Å². The third kappa shape index (κ3) is 5.94. The van der Waals surface area contributed by atoms with Gasteiger partial charge in [0.15, 0.2) is 0 Å². The van der Waals surface area contributed by atoms with Crippen molar-refractivity contribution in [1.82, 2.24) is 4.90 Å². The lowest BCUT2D eigenvalue weighted by Crippen LogP contribution is -2.44. The van der Waals surface area contributed by atoms with Crippen molar-refractivity contribution in [2.75, 3.05) is 19.6 Å². The van der Waals surface area contributed by atoms with E-state index in [1.54, 1.807) is 13.8 Å². The van der Waals surface area contributed by atoms with Gasteiger partial charge in [-0.15, -0.1) is 0 Å². The van der Waals surface area contributed by atoms with E-state index < -0.39 is 17.0 Å². The number of carbonyl (C=O) groups excluding carboxylic acids is 1. The molecule has 1 aliphatic heterocycles. The van der Waals surface area contributed by atoms with Gasteiger partial charge in [-0.1, -0.05) is 78.9 Å². The van der Waals surface area contributed by atoms with Crippen molar-refractivity contribution in [3.63, 3.8) is 0 Å². The van der Waals surface area contributed by atoms with Crippen LogP contribution in [0.5, 0.6) is 0 Å². The molecule has 5 nitrogen and oxygen atoms in total. The number of Topliss-reactive ketones (excluding diaryl/α,β-unsaturated/α-hetero) is 1. The molecule has 2 aliphatic rings. The summed E-state index contributed by atoms with van der Waals surface area (Å²) in [5.74, 6) is -0.676. The predicted molar refractivity (Wildman–Crippen MR) is 146 cm³/mol. The molecular formula is C32H39NO4. The van der Waals surface area contributed by atoms with Crippen LogP contribution in [0, 0.1) is 17.3 Å². The summed E-state index contributed by atoms with van der Waals surface area (Å²) in [7, 11) is 0. The zero-order valence-corrected chi connectivity index (χ0v) is 22.0. The number of benzene rings is 2. The highest BCUT2D eigenvalue weighted by Gasteiger charge is 2.41. The molecular weight excluding hydrogens is 462 g/mol. The second-order valence-electron chi connectivity index (χ2n) is 11.0. The Morgan fingerprint density at radius 3 is 2.00 bits per heavy atom. The highest BCUT2D eigenvalue weighted by atomic mass is 16.4. The summed E-state index contributed by atoms with van der Waals surface area (Å²) in [6.07, 6.45) is 9.30. The van der Waals surface area contributed by atoms with Crippen LogP contribution in [0.3, 0.4) is 0 Å². The van der Waals surface area contributed by atoms with Crippen LogP contribution < -0.4 is 0 Å². The number of aliphatic hydroxyl groups is 1. The van der Waals surface area contributed by atoms with Crippen molar-refractivity contribution >= 4 is 11.8 Å². The lowest BCUT2D eigenvalue weighted by Gasteiger charge is -2.42. The van der Waals surface area contributed by atoms with Gasteiger partial charge in [0.05, 0.1) is 5.41 Å². The Hall–Kier alpha value is -3.02. The van der Waals surface area contributed by atoms with Crippen LogP contribution in [-0.4, -0.2) is 46.5 Å². The highest BCUT2D eigenvalue weighted by Crippen LogP contribution is 2.42. The monoisotopic (exact) mass is 501 g/mol. The minimum absolute atomic E-state index is 0.124. The number of piperidine rings is 1. The number of carboxylic acid groups (broad SMARTS) is 1. The molecule has 1 aliphatic carbocycles. The maximum Gasteiger partial charge on any atom is 0.313 e. The fraction of sp³-hybridized carbons (Fsp3) is 0.438. The van der Waals surface area contributed by atoms with Crippen LogP contribution in [0.2, 0.25) is 0 Å². The number of allylic oxidation sites excluding steroid dienone is 3. The number of ketones is 1. The Labute approximate surface area is 220 Å². The molecule has 4 rings (SSSR count). The lowest BCUT2D eigenvalue weighted by atomic mass is 9.72. The normalized spacial score (nSPS) is 19.4. The Bertz CT molecular complexity index is 1090. The molecule has 1 heterocycles. The Morgan fingerprint density at radius 1 is 0.946 bits per heavy atom. The molecule has 1 fully saturated rings. The average molecular weight is 502 g/mol. The molecule has 1 atom stereocenters. The Kier molecular flexibility index (Phi) is 8.46. The summed E-state index contributed by atoms with van der Waals surface area (Å²) in [6.45, 7) is 6.06. The van der Waals surface area contributed by atoms with E-state index in [1.165, 1.54) is 0 Å². The van der Waals surface area contributed by atoms with Crippen LogP contribution >= 0.6 is 0 Å². The first-order valence-corrected chi connectivity index (χ1v) is 13.4. The predicted octanol–water partition coefficient (Wildman–Crippen LogP) is 5.60. The Morgan fingerprint density at radius 2 is 1.51 bits per heavy atom. The van der Waals surface area contributed by atoms with Crippen molar-refractivity contribution < 1.29 is 19.8 Å². The van der Waals surface area contributed by atoms with E-state index in [0.29, 0.717) is 12.8 Å². The van der Waals surface area contributed by atoms with E-state index in [9.17, 15) is 19.8 Å². The summed E-state index contributed by atoms with van der Waals surface area (Å²) < 4.78 is 0. The summed E-state index contributed by atoms with van der Waals surface area (Å²) in [6, 6.07) is 20.0. The molecule has 0 saturated carbocycles. The topological polar surface area (TPSA) is 77.8 Å². The van der Waals surface area contributed by atoms with Crippen LogP contribution in [0.4, 0.5) is 0 Å². The average Bonchev–Trinajstić information content (AvgIpc) is 2.94. The fourth-order valence-electron chi connectivity index (χ4n) is 5.71. The van der Waals surface area contributed by atoms with Gasteiger partial charge in [-0.25, -0.2) is 0 Å². The van der Waals surface area contributed by atoms with Crippen LogP contribution in [-0.2, 0) is 15.2 Å². The lowest BCUT2D eigenvalue weighted by molar-refractivity contribution is -0.144. The zero-order valence-electron chi connectivity index (χ0n) is 22.0. The molecule has 5 heteroatoms. The molecule has 2 N–H and O–H groups in total. The van der Waals surface area contributed by atoms with E-state index in [2.05, 4.69) is 4.90 Å². The van der Waals surface area contributed by atoms with E-state index in [0.717, 1.165) is 55.6 Å². The van der Waals surface area contributed by atoms with Gasteiger partial charge in [-0.05, 0) is 81.8 Å². The largest absolute Gasteiger partial charge is 0.481 e. The molecule has 2 aromatic carbocycles. The maximum absolute atomic E-state index is 12.8. The van der Waals surface area contributed by atoms with Crippen molar-refractivity contribution in [2.45, 2.75) is 51.6 Å². The molecule has 1 saturated heterocycles. The van der Waals surface area contributed by atoms with E-state index in [4.69, 9.17) is 0 Å². The van der Waals surface area contributed by atoms with Crippen molar-refractivity contribution in [3.05, 3.63) is 95.6 Å². The van der Waals surface area contributed by atoms with Crippen LogP contribution in [0.1, 0.15) is 57.1 Å². The van der Waals surface area contributed by atoms with Gasteiger partial charge in [-0.2, -0.15) is 0 Å². The molecule has 0 bridgehead atoms. The second kappa shape index (κ2) is 11.6. The van der Waals surface area contributed by atoms with Gasteiger partial charge in [0.25, 0.3) is 0 Å². The van der Waals surface area contributed by atoms with Crippen molar-refractivity contribution in [3.8, 4) is 0 Å². The molecule has 1 unspecified atom stereocenters. The third-order valence-electron chi connectivity index (χ3n) is 8.27. The SMILES string of the molecule is CC(C)(C(=O)O)C1=CCC(C(=O)CCCN2CCC(C(O)(c3ccccc3)c3ccccc3)CC2)C=C1. The summed E-state index contributed by atoms with van der Waals surface area (Å²) in [5, 5.41) is 21.5. The van der Waals surface area contributed by atoms with E-state index >= 15 is 0 Å². The fourth-order valence-corrected chi connectivity index (χ4v) is 5.71. The molecule has 0 radical (unpaired) electrons. The first-order valence-electron chi connectivity index (χ1n) is 13.4. The number of carbonyl (C=O) groups is 2. The van der Waals surface area contributed by atoms with Gasteiger partial charge in [0, 0.05) is 12.3 Å². The molecule has 2 aromatic rings. The number of hydrogen-bond acceptors (Lipinski definition) is 4. The van der Waals surface area contributed by atoms with Crippen LogP contribution in [0.25, 0.3) is 0 Å². The smallest absolute Gasteiger partial charge is 0.313 e. The summed E-state index contributed by atoms with van der Waals surface area (Å²) in [5.41, 5.74) is 0.686. The molecule has 0 spiro atoms. The standard InChI is InChI=1S/C32H39NO4/c1-31(2,30(35)36)25-17-15-24(16-18-25)29(34)14-9-21-33-22-19-28(20-23-33)32(37,26-10-5-3-6-11-26)27-12-7-4-8-13-27/h3-8,10-13,15,17-18,24,28,37H,9,14,16,19-23H2,1-2H3,(H,35,36). The van der Waals surface area contributed by atoms with E-state index in [1.807, 2.05) is 78.9 Å². The third-order valence-corrected chi connectivity index (χ3v) is 8.27. The minimum atomic E-state index is -1.01. The van der Waals surface area contributed by atoms with Gasteiger partial charge >= 0.3 is 5.97 Å². The molecule has 37 heavy (non-hydrogen) atoms. The molecule has 0 aromatic heterocycles. The first-order chi connectivity index (χ1) is 17.7. The second-order valence-corrected chi connectivity index (χ2v) is 11.0. The van der Waals surface area contributed by atoms with Gasteiger partial charge < -0.3 is 15.1 Å². The van der Waals surface area contributed by atoms with E-state index in [-0.39, 0.29) is 17.6 Å². The Balaban J connectivity index is 1.28. The number of likely N-dealkylation sites (tertiary alicyclic amines) is 1. The number of carboxylic acids is 1. The van der Waals surface area contributed by atoms with Crippen molar-refractivity contribution in [2.24, 2.45) is 17.3 Å². The highest BCUT2D eigenvalue weighted by molar-refractivity contribution is 5.84. The summed E-state index contributed by atoms with van der Waals surface area (Å²) in [4.78, 5) is 26.7. The number of aliphatic carboxylic acids is 1. The van der Waals surface area contributed by atoms with Gasteiger partial charge in [-0.3, -0.25) is 9.59 Å². The van der Waals surface area contributed by atoms with Gasteiger partial charge in [0.1, 0.15) is 11.4 Å². The summed E-state index contributed by atoms with van der Waals surface area (Å²) >= 11 is 0. The number of nitrogens with zero attached hydrogens (tertiary/aromatic N) is 1. The quantitative estimate of drug-likeness (QED) is 0.443. The number of rotatable bonds is 10. The van der Waals surface area contributed by atoms with Crippen LogP contribution in [0.15, 0.2) is 84.5 Å². The molecule has 0 amide bonds. The van der Waals surface area contributed by atoms with Gasteiger partial charge in [0.2, 0.25) is 0 Å². The first kappa shape index (κ1) is 27.0. The zero-order chi connectivity index (χ0) is 26.5. The number of hydrogen-bond donors (Lipinski definition) is 2. The molecule has 196 valence electrons. The minimum Gasteiger partial charge on any atom is -0.481 e.